The highest BCUT2D eigenvalue weighted by atomic mass is 35.5. The van der Waals surface area contributed by atoms with Crippen LogP contribution in [0.2, 0.25) is 5.02 Å². The van der Waals surface area contributed by atoms with Crippen LogP contribution in [0.25, 0.3) is 0 Å². The van der Waals surface area contributed by atoms with Gasteiger partial charge in [0.25, 0.3) is 11.6 Å². The lowest BCUT2D eigenvalue weighted by Gasteiger charge is -2.24. The minimum absolute atomic E-state index is 0.0971. The average Bonchev–Trinajstić information content (AvgIpc) is 3.19. The Balaban J connectivity index is 1.83. The van der Waals surface area contributed by atoms with Crippen molar-refractivity contribution in [1.29, 1.82) is 0 Å². The van der Waals surface area contributed by atoms with E-state index in [1.165, 1.54) is 29.3 Å². The molecule has 0 aliphatic heterocycles. The first kappa shape index (κ1) is 23.5. The number of halogens is 1. The van der Waals surface area contributed by atoms with Gasteiger partial charge >= 0.3 is 0 Å². The first-order chi connectivity index (χ1) is 15.4. The van der Waals surface area contributed by atoms with Gasteiger partial charge in [0.1, 0.15) is 0 Å². The van der Waals surface area contributed by atoms with Gasteiger partial charge in [-0.05, 0) is 37.1 Å². The lowest BCUT2D eigenvalue weighted by molar-refractivity contribution is -0.384. The molecule has 0 unspecified atom stereocenters. The number of carbonyl (C=O) groups excluding carboxylic acids is 1. The van der Waals surface area contributed by atoms with E-state index in [0.717, 1.165) is 31.5 Å². The number of nitro groups is 1. The molecule has 168 valence electrons. The van der Waals surface area contributed by atoms with Crippen LogP contribution in [0.1, 0.15) is 53.4 Å². The molecule has 3 aromatic rings. The van der Waals surface area contributed by atoms with E-state index in [0.29, 0.717) is 13.1 Å². The van der Waals surface area contributed by atoms with Crippen molar-refractivity contribution in [3.05, 3.63) is 98.3 Å². The van der Waals surface area contributed by atoms with E-state index in [-0.39, 0.29) is 22.2 Å². The molecule has 0 saturated heterocycles. The number of carbonyl (C=O) groups is 1. The summed E-state index contributed by atoms with van der Waals surface area (Å²) in [5, 5.41) is 11.1. The third kappa shape index (κ3) is 5.98. The Morgan fingerprint density at radius 2 is 1.94 bits per heavy atom. The average molecular weight is 454 g/mol. The molecule has 1 heterocycles. The number of aromatic nitrogens is 1. The number of nitrogens with zero attached hydrogens (tertiary/aromatic N) is 3. The number of unbranched alkanes of at least 4 members (excludes halogenated alkanes) is 2. The smallest absolute Gasteiger partial charge is 0.270 e. The van der Waals surface area contributed by atoms with Crippen molar-refractivity contribution in [2.24, 2.45) is 0 Å². The maximum atomic E-state index is 13.3. The number of benzene rings is 2. The topological polar surface area (TPSA) is 68.4 Å². The van der Waals surface area contributed by atoms with Crippen molar-refractivity contribution in [2.45, 2.75) is 46.2 Å². The van der Waals surface area contributed by atoms with Crippen molar-refractivity contribution in [2.75, 3.05) is 6.54 Å². The maximum Gasteiger partial charge on any atom is 0.270 e. The van der Waals surface area contributed by atoms with Gasteiger partial charge in [0.05, 0.1) is 22.1 Å². The normalized spacial score (nSPS) is 10.8. The highest BCUT2D eigenvalue weighted by Crippen LogP contribution is 2.25. The molecule has 7 heteroatoms. The minimum atomic E-state index is -0.517. The van der Waals surface area contributed by atoms with E-state index in [2.05, 4.69) is 36.6 Å². The summed E-state index contributed by atoms with van der Waals surface area (Å²) in [6, 6.07) is 16.4. The van der Waals surface area contributed by atoms with Gasteiger partial charge in [0, 0.05) is 37.1 Å². The van der Waals surface area contributed by atoms with Crippen molar-refractivity contribution in [3.8, 4) is 0 Å². The predicted octanol–water partition coefficient (Wildman–Crippen LogP) is 6.24. The number of hydrogen-bond acceptors (Lipinski definition) is 3. The molecule has 2 aromatic carbocycles. The molecule has 0 N–H and O–H groups in total. The first-order valence-corrected chi connectivity index (χ1v) is 11.2. The number of hydrogen-bond donors (Lipinski definition) is 0. The zero-order valence-electron chi connectivity index (χ0n) is 18.5. The van der Waals surface area contributed by atoms with Gasteiger partial charge < -0.3 is 9.47 Å². The van der Waals surface area contributed by atoms with Gasteiger partial charge in [-0.3, -0.25) is 14.9 Å². The Hall–Kier alpha value is -3.12. The summed E-state index contributed by atoms with van der Waals surface area (Å²) in [6.45, 7) is 5.94. The molecule has 6 nitrogen and oxygen atoms in total. The van der Waals surface area contributed by atoms with Crippen molar-refractivity contribution in [3.63, 3.8) is 0 Å². The van der Waals surface area contributed by atoms with Crippen LogP contribution in [-0.4, -0.2) is 26.8 Å². The minimum Gasteiger partial charge on any atom is -0.345 e. The fraction of sp³-hybridized carbons (Fsp3) is 0.320. The van der Waals surface area contributed by atoms with Gasteiger partial charge in [0.15, 0.2) is 0 Å². The van der Waals surface area contributed by atoms with Crippen LogP contribution in [0.3, 0.4) is 0 Å². The Morgan fingerprint density at radius 1 is 1.12 bits per heavy atom. The van der Waals surface area contributed by atoms with Gasteiger partial charge in [-0.1, -0.05) is 61.2 Å². The molecule has 0 atom stereocenters. The molecule has 0 aliphatic rings. The Bertz CT molecular complexity index is 1090. The van der Waals surface area contributed by atoms with Gasteiger partial charge in [-0.15, -0.1) is 0 Å². The Kier molecular flexibility index (Phi) is 8.06. The molecule has 0 spiro atoms. The molecular weight excluding hydrogens is 426 g/mol. The highest BCUT2D eigenvalue weighted by Gasteiger charge is 2.21. The summed E-state index contributed by atoms with van der Waals surface area (Å²) in [6.07, 6.45) is 4.96. The van der Waals surface area contributed by atoms with Crippen LogP contribution in [0, 0.1) is 17.0 Å². The SMILES string of the molecule is CCCCCN(Cc1cccn1Cc1cccc(C)c1)C(=O)c1ccc([N+](=O)[O-])cc1Cl. The molecule has 0 aliphatic carbocycles. The fourth-order valence-corrected chi connectivity index (χ4v) is 3.97. The number of aryl methyl sites for hydroxylation is 1. The monoisotopic (exact) mass is 453 g/mol. The van der Waals surface area contributed by atoms with E-state index in [1.807, 2.05) is 24.4 Å². The second-order valence-corrected chi connectivity index (χ2v) is 8.38. The molecule has 0 radical (unpaired) electrons. The third-order valence-corrected chi connectivity index (χ3v) is 5.74. The summed E-state index contributed by atoms with van der Waals surface area (Å²) >= 11 is 6.25. The number of non-ortho nitro benzene ring substituents is 1. The largest absolute Gasteiger partial charge is 0.345 e. The molecule has 1 amide bonds. The molecule has 3 rings (SSSR count). The van der Waals surface area contributed by atoms with E-state index in [1.54, 1.807) is 4.90 Å². The summed E-state index contributed by atoms with van der Waals surface area (Å²) in [4.78, 5) is 25.6. The predicted molar refractivity (Wildman–Crippen MR) is 127 cm³/mol. The van der Waals surface area contributed by atoms with Crippen LogP contribution in [0.5, 0.6) is 0 Å². The molecule has 1 aromatic heterocycles. The molecule has 32 heavy (non-hydrogen) atoms. The number of nitro benzene ring substituents is 1. The number of amides is 1. The molecular formula is C25H28ClN3O3. The molecule has 0 fully saturated rings. The lowest BCUT2D eigenvalue weighted by Crippen LogP contribution is -2.32. The fourth-order valence-electron chi connectivity index (χ4n) is 3.72. The van der Waals surface area contributed by atoms with Crippen LogP contribution in [0.4, 0.5) is 5.69 Å². The van der Waals surface area contributed by atoms with Crippen LogP contribution in [0.15, 0.2) is 60.8 Å². The van der Waals surface area contributed by atoms with Crippen molar-refractivity contribution < 1.29 is 9.72 Å². The lowest BCUT2D eigenvalue weighted by atomic mass is 10.1. The van der Waals surface area contributed by atoms with Crippen LogP contribution in [-0.2, 0) is 13.1 Å². The summed E-state index contributed by atoms with van der Waals surface area (Å²) in [5.41, 5.74) is 3.58. The standard InChI is InChI=1S/C25H28ClN3O3/c1-3-4-5-13-28(25(30)23-12-11-21(29(31)32)16-24(23)26)18-22-10-7-14-27(22)17-20-9-6-8-19(2)15-20/h6-12,14-16H,3-5,13,17-18H2,1-2H3. The van der Waals surface area contributed by atoms with E-state index < -0.39 is 4.92 Å². The number of rotatable bonds is 10. The van der Waals surface area contributed by atoms with Crippen LogP contribution >= 0.6 is 11.6 Å². The van der Waals surface area contributed by atoms with Crippen molar-refractivity contribution >= 4 is 23.2 Å². The highest BCUT2D eigenvalue weighted by molar-refractivity contribution is 6.34. The maximum absolute atomic E-state index is 13.3. The van der Waals surface area contributed by atoms with Gasteiger partial charge in [-0.2, -0.15) is 0 Å². The quantitative estimate of drug-likeness (QED) is 0.207. The summed E-state index contributed by atoms with van der Waals surface area (Å²) < 4.78 is 2.15. The third-order valence-electron chi connectivity index (χ3n) is 5.42. The summed E-state index contributed by atoms with van der Waals surface area (Å²) in [5.74, 6) is -0.218. The second-order valence-electron chi connectivity index (χ2n) is 7.97. The van der Waals surface area contributed by atoms with Gasteiger partial charge in [-0.25, -0.2) is 0 Å². The van der Waals surface area contributed by atoms with Crippen molar-refractivity contribution in [1.82, 2.24) is 9.47 Å². The zero-order chi connectivity index (χ0) is 23.1. The van der Waals surface area contributed by atoms with E-state index in [9.17, 15) is 14.9 Å². The summed E-state index contributed by atoms with van der Waals surface area (Å²) in [7, 11) is 0. The first-order valence-electron chi connectivity index (χ1n) is 10.8. The van der Waals surface area contributed by atoms with E-state index in [4.69, 9.17) is 11.6 Å². The second kappa shape index (κ2) is 11.0. The van der Waals surface area contributed by atoms with Crippen LogP contribution < -0.4 is 0 Å². The Labute approximate surface area is 193 Å². The molecule has 0 saturated carbocycles. The van der Waals surface area contributed by atoms with E-state index >= 15 is 0 Å². The Morgan fingerprint density at radius 3 is 2.62 bits per heavy atom. The zero-order valence-corrected chi connectivity index (χ0v) is 19.2. The molecule has 0 bridgehead atoms. The van der Waals surface area contributed by atoms with Gasteiger partial charge in [0.2, 0.25) is 0 Å².